The van der Waals surface area contributed by atoms with E-state index < -0.39 is 6.10 Å². The molecule has 0 amide bonds. The summed E-state index contributed by atoms with van der Waals surface area (Å²) in [5.41, 5.74) is 2.75. The highest BCUT2D eigenvalue weighted by Gasteiger charge is 2.54. The first-order chi connectivity index (χ1) is 9.74. The van der Waals surface area contributed by atoms with Crippen LogP contribution in [0.1, 0.15) is 25.7 Å². The van der Waals surface area contributed by atoms with E-state index in [2.05, 4.69) is 11.4 Å². The number of nitrogens with one attached hydrogen (secondary N) is 1. The Morgan fingerprint density at radius 3 is 3.20 bits per heavy atom. The molecular weight excluding hydrogens is 254 g/mol. The van der Waals surface area contributed by atoms with Crippen LogP contribution in [-0.2, 0) is 9.47 Å². The molecule has 0 aromatic carbocycles. The predicted octanol–water partition coefficient (Wildman–Crippen LogP) is 1.63. The highest BCUT2D eigenvalue weighted by molar-refractivity contribution is 5.51. The van der Waals surface area contributed by atoms with Crippen LogP contribution in [0.5, 0.6) is 0 Å². The molecule has 4 rings (SSSR count). The summed E-state index contributed by atoms with van der Waals surface area (Å²) in [7, 11) is 1.73. The van der Waals surface area contributed by atoms with Crippen molar-refractivity contribution in [2.75, 3.05) is 20.2 Å². The third kappa shape index (κ3) is 1.55. The second-order valence-corrected chi connectivity index (χ2v) is 6.17. The molecule has 2 heterocycles. The minimum absolute atomic E-state index is 0.0469. The maximum absolute atomic E-state index is 9.93. The fourth-order valence-electron chi connectivity index (χ4n) is 4.18. The Bertz CT molecular complexity index is 534. The van der Waals surface area contributed by atoms with Gasteiger partial charge in [-0.1, -0.05) is 12.2 Å². The van der Waals surface area contributed by atoms with Crippen molar-refractivity contribution >= 4 is 0 Å². The molecule has 4 heteroatoms. The fraction of sp³-hybridized carbons (Fsp3) is 0.625. The quantitative estimate of drug-likeness (QED) is 0.714. The Morgan fingerprint density at radius 2 is 2.35 bits per heavy atom. The van der Waals surface area contributed by atoms with E-state index in [1.807, 2.05) is 6.08 Å². The second-order valence-electron chi connectivity index (χ2n) is 6.17. The molecule has 2 aliphatic heterocycles. The van der Waals surface area contributed by atoms with Gasteiger partial charge in [-0.2, -0.15) is 0 Å². The largest absolute Gasteiger partial charge is 0.497 e. The first-order valence-corrected chi connectivity index (χ1v) is 7.49. The van der Waals surface area contributed by atoms with Gasteiger partial charge in [-0.25, -0.2) is 0 Å². The molecule has 0 unspecified atom stereocenters. The molecule has 4 nitrogen and oxygen atoms in total. The second kappa shape index (κ2) is 4.37. The molecule has 2 aliphatic carbocycles. The van der Waals surface area contributed by atoms with E-state index >= 15 is 0 Å². The summed E-state index contributed by atoms with van der Waals surface area (Å²) in [6.07, 6.45) is 7.46. The molecule has 4 aliphatic rings. The average molecular weight is 275 g/mol. The lowest BCUT2D eigenvalue weighted by Crippen LogP contribution is -2.38. The molecule has 0 aromatic heterocycles. The number of methoxy groups -OCH3 is 1. The van der Waals surface area contributed by atoms with E-state index in [0.29, 0.717) is 6.42 Å². The van der Waals surface area contributed by atoms with Gasteiger partial charge in [-0.3, -0.25) is 0 Å². The molecule has 1 saturated heterocycles. The number of aliphatic hydroxyl groups excluding tert-OH is 1. The summed E-state index contributed by atoms with van der Waals surface area (Å²) in [5, 5.41) is 13.5. The molecule has 1 fully saturated rings. The van der Waals surface area contributed by atoms with Crippen molar-refractivity contribution in [2.45, 2.75) is 37.9 Å². The third-order valence-corrected chi connectivity index (χ3v) is 5.16. The van der Waals surface area contributed by atoms with Crippen molar-refractivity contribution in [2.24, 2.45) is 5.41 Å². The zero-order valence-electron chi connectivity index (χ0n) is 11.8. The summed E-state index contributed by atoms with van der Waals surface area (Å²) >= 11 is 0. The van der Waals surface area contributed by atoms with Crippen molar-refractivity contribution in [3.8, 4) is 0 Å². The van der Waals surface area contributed by atoms with Crippen LogP contribution in [-0.4, -0.2) is 37.5 Å². The van der Waals surface area contributed by atoms with Gasteiger partial charge in [-0.05, 0) is 25.0 Å². The molecule has 0 bridgehead atoms. The topological polar surface area (TPSA) is 50.7 Å². The van der Waals surface area contributed by atoms with Crippen LogP contribution in [0, 0.1) is 5.41 Å². The number of rotatable bonds is 1. The maximum Gasteiger partial charge on any atom is 0.161 e. The molecule has 108 valence electrons. The van der Waals surface area contributed by atoms with Gasteiger partial charge in [0.25, 0.3) is 0 Å². The van der Waals surface area contributed by atoms with Crippen LogP contribution in [0.3, 0.4) is 0 Å². The smallest absolute Gasteiger partial charge is 0.161 e. The molecule has 2 N–H and O–H groups in total. The van der Waals surface area contributed by atoms with Gasteiger partial charge in [0, 0.05) is 25.0 Å². The Balaban J connectivity index is 1.91. The van der Waals surface area contributed by atoms with E-state index in [9.17, 15) is 5.11 Å². The Morgan fingerprint density at radius 1 is 1.45 bits per heavy atom. The van der Waals surface area contributed by atoms with Crippen molar-refractivity contribution in [3.63, 3.8) is 0 Å². The summed E-state index contributed by atoms with van der Waals surface area (Å²) < 4.78 is 11.8. The van der Waals surface area contributed by atoms with Crippen molar-refractivity contribution in [1.29, 1.82) is 0 Å². The van der Waals surface area contributed by atoms with E-state index in [4.69, 9.17) is 9.47 Å². The Kier molecular flexibility index (Phi) is 2.72. The number of aliphatic hydroxyl groups is 1. The summed E-state index contributed by atoms with van der Waals surface area (Å²) in [4.78, 5) is 0. The molecule has 3 atom stereocenters. The number of hydrogen-bond acceptors (Lipinski definition) is 4. The first-order valence-electron chi connectivity index (χ1n) is 7.49. The summed E-state index contributed by atoms with van der Waals surface area (Å²) in [5.74, 6) is 1.93. The van der Waals surface area contributed by atoms with Crippen LogP contribution < -0.4 is 5.32 Å². The zero-order valence-corrected chi connectivity index (χ0v) is 11.8. The van der Waals surface area contributed by atoms with Crippen LogP contribution in [0.15, 0.2) is 34.8 Å². The average Bonchev–Trinajstić information content (AvgIpc) is 2.66. The fourth-order valence-corrected chi connectivity index (χ4v) is 4.18. The van der Waals surface area contributed by atoms with Crippen molar-refractivity contribution in [1.82, 2.24) is 5.32 Å². The number of ether oxygens (including phenoxy) is 2. The van der Waals surface area contributed by atoms with Crippen LogP contribution >= 0.6 is 0 Å². The monoisotopic (exact) mass is 275 g/mol. The third-order valence-electron chi connectivity index (χ3n) is 5.16. The Hall–Kier alpha value is -1.26. The van der Waals surface area contributed by atoms with Crippen LogP contribution in [0.25, 0.3) is 0 Å². The molecule has 0 aromatic rings. The lowest BCUT2D eigenvalue weighted by atomic mass is 9.67. The van der Waals surface area contributed by atoms with Gasteiger partial charge in [0.05, 0.1) is 18.6 Å². The van der Waals surface area contributed by atoms with Gasteiger partial charge in [0.1, 0.15) is 11.9 Å². The van der Waals surface area contributed by atoms with Gasteiger partial charge in [0.15, 0.2) is 5.76 Å². The molecule has 0 saturated carbocycles. The van der Waals surface area contributed by atoms with Gasteiger partial charge in [0.2, 0.25) is 0 Å². The lowest BCUT2D eigenvalue weighted by Gasteiger charge is -2.35. The predicted molar refractivity (Wildman–Crippen MR) is 74.9 cm³/mol. The van der Waals surface area contributed by atoms with E-state index in [0.717, 1.165) is 43.9 Å². The van der Waals surface area contributed by atoms with Gasteiger partial charge >= 0.3 is 0 Å². The van der Waals surface area contributed by atoms with E-state index in [1.165, 1.54) is 11.1 Å². The minimum atomic E-state index is -0.391. The SMILES string of the molecule is COC1=C2O[C@H]3C[C@@H](O)C=C[C@]34CCNCC(=C24)CC1. The van der Waals surface area contributed by atoms with E-state index in [-0.39, 0.29) is 11.5 Å². The summed E-state index contributed by atoms with van der Waals surface area (Å²) in [6.45, 7) is 1.94. The van der Waals surface area contributed by atoms with Crippen molar-refractivity contribution < 1.29 is 14.6 Å². The molecular formula is C16H21NO3. The lowest BCUT2D eigenvalue weighted by molar-refractivity contribution is 0.0377. The number of allylic oxidation sites excluding steroid dienone is 2. The van der Waals surface area contributed by atoms with Gasteiger partial charge < -0.3 is 19.9 Å². The molecule has 20 heavy (non-hydrogen) atoms. The van der Waals surface area contributed by atoms with Gasteiger partial charge in [-0.15, -0.1) is 0 Å². The maximum atomic E-state index is 9.93. The normalized spacial score (nSPS) is 39.1. The van der Waals surface area contributed by atoms with Crippen molar-refractivity contribution in [3.05, 3.63) is 34.8 Å². The van der Waals surface area contributed by atoms with Crippen LogP contribution in [0.2, 0.25) is 0 Å². The molecule has 0 radical (unpaired) electrons. The zero-order chi connectivity index (χ0) is 13.7. The number of hydrogen-bond donors (Lipinski definition) is 2. The van der Waals surface area contributed by atoms with E-state index in [1.54, 1.807) is 7.11 Å². The highest BCUT2D eigenvalue weighted by Crippen LogP contribution is 2.57. The summed E-state index contributed by atoms with van der Waals surface area (Å²) in [6, 6.07) is 0. The van der Waals surface area contributed by atoms with Crippen LogP contribution in [0.4, 0.5) is 0 Å². The first kappa shape index (κ1) is 12.5. The standard InChI is InChI=1S/C16H21NO3/c1-19-12-3-2-10-9-17-7-6-16-5-4-11(18)8-13(16)20-15(12)14(10)16/h4-5,11,13,17-18H,2-3,6-9H2,1H3/t11-,13-,16-/m0/s1. The minimum Gasteiger partial charge on any atom is -0.497 e. The highest BCUT2D eigenvalue weighted by atomic mass is 16.5. The Labute approximate surface area is 119 Å². The molecule has 1 spiro atoms.